The molecule has 0 atom stereocenters. The molecule has 0 unspecified atom stereocenters. The second kappa shape index (κ2) is 4.16. The molecule has 0 N–H and O–H groups in total. The molecule has 1 rings (SSSR count). The molecule has 0 nitrogen and oxygen atoms in total. The van der Waals surface area contributed by atoms with Crippen molar-refractivity contribution in [1.82, 2.24) is 0 Å². The third-order valence-corrected chi connectivity index (χ3v) is 2.90. The van der Waals surface area contributed by atoms with Crippen LogP contribution in [-0.2, 0) is 11.5 Å². The van der Waals surface area contributed by atoms with Gasteiger partial charge in [-0.2, -0.15) is 0 Å². The van der Waals surface area contributed by atoms with Gasteiger partial charge in [-0.1, -0.05) is 0 Å². The normalized spacial score (nSPS) is 11.7. The first kappa shape index (κ1) is 10.6. The van der Waals surface area contributed by atoms with E-state index in [1.165, 1.54) is 0 Å². The average molecular weight is 253 g/mol. The standard InChI is InChI=1S/C9H9F3Se/c1-13-6-7-2-4-8(5-3-7)9(10,11)12/h2-5H,6H2,1H3. The Morgan fingerprint density at radius 2 is 1.69 bits per heavy atom. The molecule has 0 aromatic heterocycles. The Bertz CT molecular complexity index is 263. The van der Waals surface area contributed by atoms with Crippen LogP contribution in [0.25, 0.3) is 0 Å². The van der Waals surface area contributed by atoms with Gasteiger partial charge in [-0.05, 0) is 0 Å². The van der Waals surface area contributed by atoms with E-state index in [1.807, 2.05) is 0 Å². The van der Waals surface area contributed by atoms with E-state index in [0.717, 1.165) is 23.0 Å². The maximum absolute atomic E-state index is 12.1. The quantitative estimate of drug-likeness (QED) is 0.711. The predicted octanol–water partition coefficient (Wildman–Crippen LogP) is 2.96. The van der Waals surface area contributed by atoms with Gasteiger partial charge < -0.3 is 0 Å². The maximum atomic E-state index is 12.1. The Morgan fingerprint density at radius 3 is 2.08 bits per heavy atom. The molecule has 1 aromatic rings. The third-order valence-electron chi connectivity index (χ3n) is 1.59. The van der Waals surface area contributed by atoms with E-state index in [9.17, 15) is 13.2 Å². The van der Waals surface area contributed by atoms with Crippen LogP contribution in [0, 0.1) is 0 Å². The van der Waals surface area contributed by atoms with Gasteiger partial charge in [0.15, 0.2) is 0 Å². The summed E-state index contributed by atoms with van der Waals surface area (Å²) >= 11 is 0.472. The zero-order chi connectivity index (χ0) is 9.90. The van der Waals surface area contributed by atoms with Crippen LogP contribution in [-0.4, -0.2) is 15.0 Å². The number of alkyl halides is 3. The molecule has 4 heteroatoms. The van der Waals surface area contributed by atoms with Crippen molar-refractivity contribution in [3.05, 3.63) is 35.4 Å². The van der Waals surface area contributed by atoms with Crippen LogP contribution in [0.4, 0.5) is 13.2 Å². The van der Waals surface area contributed by atoms with Crippen LogP contribution >= 0.6 is 0 Å². The van der Waals surface area contributed by atoms with Gasteiger partial charge in [0.1, 0.15) is 0 Å². The molecule has 0 fully saturated rings. The monoisotopic (exact) mass is 254 g/mol. The zero-order valence-electron chi connectivity index (χ0n) is 7.06. The van der Waals surface area contributed by atoms with E-state index in [0.29, 0.717) is 15.0 Å². The molecule has 0 aliphatic carbocycles. The Morgan fingerprint density at radius 1 is 1.15 bits per heavy atom. The summed E-state index contributed by atoms with van der Waals surface area (Å²) < 4.78 is 36.3. The number of benzene rings is 1. The van der Waals surface area contributed by atoms with Gasteiger partial charge in [-0.3, -0.25) is 0 Å². The van der Waals surface area contributed by atoms with Gasteiger partial charge in [0, 0.05) is 0 Å². The van der Waals surface area contributed by atoms with Crippen molar-refractivity contribution < 1.29 is 13.2 Å². The van der Waals surface area contributed by atoms with Crippen molar-refractivity contribution >= 4 is 15.0 Å². The molecule has 0 spiro atoms. The minimum absolute atomic E-state index is 0.472. The van der Waals surface area contributed by atoms with Gasteiger partial charge in [0.25, 0.3) is 0 Å². The summed E-state index contributed by atoms with van der Waals surface area (Å²) in [6.45, 7) is 0. The molecule has 13 heavy (non-hydrogen) atoms. The van der Waals surface area contributed by atoms with Gasteiger partial charge in [-0.15, -0.1) is 0 Å². The van der Waals surface area contributed by atoms with Crippen molar-refractivity contribution in [1.29, 1.82) is 0 Å². The van der Waals surface area contributed by atoms with E-state index < -0.39 is 11.7 Å². The topological polar surface area (TPSA) is 0 Å². The zero-order valence-corrected chi connectivity index (χ0v) is 8.77. The van der Waals surface area contributed by atoms with Gasteiger partial charge in [0.2, 0.25) is 0 Å². The van der Waals surface area contributed by atoms with Gasteiger partial charge in [-0.25, -0.2) is 0 Å². The molecule has 1 aromatic carbocycles. The van der Waals surface area contributed by atoms with Crippen LogP contribution in [0.5, 0.6) is 0 Å². The van der Waals surface area contributed by atoms with Gasteiger partial charge >= 0.3 is 80.8 Å². The minimum atomic E-state index is -4.21. The fraction of sp³-hybridized carbons (Fsp3) is 0.333. The van der Waals surface area contributed by atoms with Gasteiger partial charge in [0.05, 0.1) is 0 Å². The molecule has 0 bridgehead atoms. The number of rotatable bonds is 2. The summed E-state index contributed by atoms with van der Waals surface area (Å²) in [6, 6.07) is 5.38. The molecule has 72 valence electrons. The van der Waals surface area contributed by atoms with Crippen LogP contribution in [0.15, 0.2) is 24.3 Å². The van der Waals surface area contributed by atoms with E-state index >= 15 is 0 Å². The molecular weight excluding hydrogens is 244 g/mol. The van der Waals surface area contributed by atoms with E-state index in [4.69, 9.17) is 0 Å². The SMILES string of the molecule is C[Se]Cc1ccc(C(F)(F)F)cc1. The Kier molecular flexibility index (Phi) is 3.39. The second-order valence-electron chi connectivity index (χ2n) is 2.63. The van der Waals surface area contributed by atoms with E-state index in [2.05, 4.69) is 5.82 Å². The van der Waals surface area contributed by atoms with Crippen molar-refractivity contribution in [2.75, 3.05) is 0 Å². The molecule has 0 amide bonds. The molecule has 0 aliphatic heterocycles. The number of halogens is 3. The first-order chi connectivity index (χ1) is 6.04. The Hall–Kier alpha value is -0.471. The number of hydrogen-bond donors (Lipinski definition) is 0. The summed E-state index contributed by atoms with van der Waals surface area (Å²) in [5, 5.41) is 0.894. The molecule has 0 radical (unpaired) electrons. The fourth-order valence-corrected chi connectivity index (χ4v) is 2.06. The first-order valence-corrected chi connectivity index (χ1v) is 6.61. The fourth-order valence-electron chi connectivity index (χ4n) is 0.957. The average Bonchev–Trinajstić information content (AvgIpc) is 2.04. The summed E-state index contributed by atoms with van der Waals surface area (Å²) in [4.78, 5) is 0. The predicted molar refractivity (Wildman–Crippen MR) is 46.8 cm³/mol. The second-order valence-corrected chi connectivity index (χ2v) is 4.44. The molecule has 0 heterocycles. The molecule has 0 saturated heterocycles. The van der Waals surface area contributed by atoms with Crippen LogP contribution in [0.2, 0.25) is 5.82 Å². The van der Waals surface area contributed by atoms with Crippen molar-refractivity contribution in [3.8, 4) is 0 Å². The van der Waals surface area contributed by atoms with Crippen molar-refractivity contribution in [2.45, 2.75) is 17.3 Å². The Balaban J connectivity index is 2.81. The summed E-state index contributed by atoms with van der Waals surface area (Å²) in [7, 11) is 0. The van der Waals surface area contributed by atoms with Crippen molar-refractivity contribution in [2.24, 2.45) is 0 Å². The molecular formula is C9H9F3Se. The van der Waals surface area contributed by atoms with Crippen LogP contribution in [0.3, 0.4) is 0 Å². The van der Waals surface area contributed by atoms with Crippen LogP contribution in [0.1, 0.15) is 11.1 Å². The summed E-state index contributed by atoms with van der Waals surface area (Å²) in [6.07, 6.45) is -4.21. The summed E-state index contributed by atoms with van der Waals surface area (Å²) in [5.74, 6) is 2.06. The number of hydrogen-bond acceptors (Lipinski definition) is 0. The van der Waals surface area contributed by atoms with Crippen LogP contribution < -0.4 is 0 Å². The summed E-state index contributed by atoms with van der Waals surface area (Å²) in [5.41, 5.74) is 0.412. The molecule has 0 aliphatic rings. The Labute approximate surface area is 81.3 Å². The van der Waals surface area contributed by atoms with E-state index in [1.54, 1.807) is 12.1 Å². The third kappa shape index (κ3) is 3.05. The first-order valence-electron chi connectivity index (χ1n) is 3.69. The van der Waals surface area contributed by atoms with Crippen molar-refractivity contribution in [3.63, 3.8) is 0 Å². The molecule has 0 saturated carbocycles. The van der Waals surface area contributed by atoms with E-state index in [-0.39, 0.29) is 0 Å².